The molecule has 0 saturated heterocycles. The Bertz CT molecular complexity index is 1590. The summed E-state index contributed by atoms with van der Waals surface area (Å²) in [4.78, 5) is 15.6. The fourth-order valence-corrected chi connectivity index (χ4v) is 5.00. The van der Waals surface area contributed by atoms with Crippen molar-refractivity contribution in [2.75, 3.05) is 5.32 Å². The van der Waals surface area contributed by atoms with Gasteiger partial charge in [0, 0.05) is 11.8 Å². The molecular weight excluding hydrogens is 465 g/mol. The van der Waals surface area contributed by atoms with E-state index in [1.165, 1.54) is 6.07 Å². The number of halogens is 1. The Morgan fingerprint density at radius 1 is 0.919 bits per heavy atom. The highest BCUT2D eigenvalue weighted by molar-refractivity contribution is 5.90. The lowest BCUT2D eigenvalue weighted by Crippen LogP contribution is -2.38. The fraction of sp³-hybridized carbons (Fsp3) is 0.133. The molecule has 0 fully saturated rings. The number of hydrogen-bond acceptors (Lipinski definition) is 2. The minimum absolute atomic E-state index is 0.145. The second-order valence-electron chi connectivity index (χ2n) is 9.29. The molecule has 0 saturated carbocycles. The molecule has 3 heterocycles. The van der Waals surface area contributed by atoms with Gasteiger partial charge in [-0.05, 0) is 55.8 Å². The summed E-state index contributed by atoms with van der Waals surface area (Å²) >= 11 is 0. The second-order valence-corrected chi connectivity index (χ2v) is 9.29. The van der Waals surface area contributed by atoms with Crippen LogP contribution in [0.3, 0.4) is 0 Å². The quantitative estimate of drug-likeness (QED) is 0.311. The van der Waals surface area contributed by atoms with Crippen LogP contribution >= 0.6 is 0 Å². The molecule has 1 atom stereocenters. The summed E-state index contributed by atoms with van der Waals surface area (Å²) in [6, 6.07) is 27.6. The summed E-state index contributed by atoms with van der Waals surface area (Å²) in [6.45, 7) is 4.30. The number of hydrogen-bond donors (Lipinski definition) is 1. The van der Waals surface area contributed by atoms with Gasteiger partial charge in [-0.1, -0.05) is 60.2 Å². The molecule has 7 heteroatoms. The number of nitrogens with one attached hydrogen (secondary N) is 1. The number of fused-ring (bicyclic) bond motifs is 3. The number of amides is 2. The Balaban J connectivity index is 1.54. The van der Waals surface area contributed by atoms with Gasteiger partial charge in [0.15, 0.2) is 0 Å². The van der Waals surface area contributed by atoms with Gasteiger partial charge in [0.2, 0.25) is 0 Å². The molecule has 184 valence electrons. The van der Waals surface area contributed by atoms with Crippen molar-refractivity contribution in [3.63, 3.8) is 0 Å². The third-order valence-electron chi connectivity index (χ3n) is 6.86. The molecular formula is C30H26FN5O. The molecule has 2 amide bonds. The number of carbonyl (C=O) groups excluding carboxylic acids is 1. The van der Waals surface area contributed by atoms with E-state index in [-0.39, 0.29) is 11.7 Å². The number of anilines is 1. The van der Waals surface area contributed by atoms with Crippen LogP contribution in [0.15, 0.2) is 97.2 Å². The molecule has 0 aliphatic carbocycles. The van der Waals surface area contributed by atoms with Crippen molar-refractivity contribution >= 4 is 11.7 Å². The lowest BCUT2D eigenvalue weighted by molar-refractivity contribution is 0.194. The second kappa shape index (κ2) is 9.09. The topological polar surface area (TPSA) is 55.1 Å². The molecule has 3 aromatic carbocycles. The SMILES string of the molecule is Cc1ccc([C@@H]2c3cccn3-c3c(c(C)nn3-c3ccccc3)CN2C(=O)Nc2ccccc2F)cc1. The number of nitrogens with zero attached hydrogens (tertiary/aromatic N) is 4. The van der Waals surface area contributed by atoms with Gasteiger partial charge in [-0.15, -0.1) is 0 Å². The predicted molar refractivity (Wildman–Crippen MR) is 142 cm³/mol. The fourth-order valence-electron chi connectivity index (χ4n) is 5.00. The van der Waals surface area contributed by atoms with Gasteiger partial charge in [0.25, 0.3) is 0 Å². The third kappa shape index (κ3) is 3.98. The monoisotopic (exact) mass is 491 g/mol. The average molecular weight is 492 g/mol. The first kappa shape index (κ1) is 22.8. The molecule has 2 aromatic heterocycles. The van der Waals surface area contributed by atoms with Crippen LogP contribution in [0.4, 0.5) is 14.9 Å². The largest absolute Gasteiger partial charge is 0.323 e. The molecule has 0 unspecified atom stereocenters. The van der Waals surface area contributed by atoms with E-state index in [0.29, 0.717) is 6.54 Å². The van der Waals surface area contributed by atoms with Gasteiger partial charge >= 0.3 is 6.03 Å². The maximum atomic E-state index is 14.5. The summed E-state index contributed by atoms with van der Waals surface area (Å²) in [7, 11) is 0. The smallest absolute Gasteiger partial charge is 0.307 e. The van der Waals surface area contributed by atoms with Crippen molar-refractivity contribution in [2.24, 2.45) is 0 Å². The van der Waals surface area contributed by atoms with Crippen molar-refractivity contribution in [2.45, 2.75) is 26.4 Å². The van der Waals surface area contributed by atoms with Crippen LogP contribution in [0, 0.1) is 19.7 Å². The van der Waals surface area contributed by atoms with E-state index in [1.807, 2.05) is 91.5 Å². The minimum atomic E-state index is -0.477. The van der Waals surface area contributed by atoms with Crippen molar-refractivity contribution < 1.29 is 9.18 Å². The van der Waals surface area contributed by atoms with E-state index in [2.05, 4.69) is 9.88 Å². The molecule has 37 heavy (non-hydrogen) atoms. The molecule has 0 radical (unpaired) electrons. The van der Waals surface area contributed by atoms with Crippen LogP contribution in [-0.4, -0.2) is 25.3 Å². The molecule has 0 bridgehead atoms. The van der Waals surface area contributed by atoms with Crippen molar-refractivity contribution in [1.82, 2.24) is 19.2 Å². The first-order valence-corrected chi connectivity index (χ1v) is 12.2. The summed E-state index contributed by atoms with van der Waals surface area (Å²) in [5, 5.41) is 7.67. The lowest BCUT2D eigenvalue weighted by atomic mass is 10.0. The van der Waals surface area contributed by atoms with E-state index in [0.717, 1.165) is 39.6 Å². The summed E-state index contributed by atoms with van der Waals surface area (Å²) in [5.74, 6) is 0.414. The molecule has 5 aromatic rings. The van der Waals surface area contributed by atoms with Crippen LogP contribution in [0.5, 0.6) is 0 Å². The Morgan fingerprint density at radius 2 is 1.65 bits per heavy atom. The first-order valence-electron chi connectivity index (χ1n) is 12.2. The highest BCUT2D eigenvalue weighted by atomic mass is 19.1. The van der Waals surface area contributed by atoms with Gasteiger partial charge in [-0.2, -0.15) is 5.10 Å². The van der Waals surface area contributed by atoms with Gasteiger partial charge in [-0.25, -0.2) is 13.9 Å². The minimum Gasteiger partial charge on any atom is -0.307 e. The highest BCUT2D eigenvalue weighted by Crippen LogP contribution is 2.38. The average Bonchev–Trinajstić information content (AvgIpc) is 3.47. The van der Waals surface area contributed by atoms with Crippen LogP contribution in [0.2, 0.25) is 0 Å². The van der Waals surface area contributed by atoms with E-state index >= 15 is 0 Å². The summed E-state index contributed by atoms with van der Waals surface area (Å²) in [5.41, 5.74) is 5.86. The van der Waals surface area contributed by atoms with Gasteiger partial charge in [-0.3, -0.25) is 0 Å². The van der Waals surface area contributed by atoms with E-state index in [4.69, 9.17) is 5.10 Å². The zero-order chi connectivity index (χ0) is 25.5. The van der Waals surface area contributed by atoms with Crippen molar-refractivity contribution in [3.05, 3.63) is 131 Å². The van der Waals surface area contributed by atoms with Gasteiger partial charge < -0.3 is 14.8 Å². The Labute approximate surface area is 214 Å². The lowest BCUT2D eigenvalue weighted by Gasteiger charge is -2.31. The van der Waals surface area contributed by atoms with Crippen LogP contribution in [0.25, 0.3) is 11.5 Å². The third-order valence-corrected chi connectivity index (χ3v) is 6.86. The van der Waals surface area contributed by atoms with Crippen LogP contribution in [0.1, 0.15) is 34.1 Å². The Morgan fingerprint density at radius 3 is 2.41 bits per heavy atom. The van der Waals surface area contributed by atoms with E-state index in [1.54, 1.807) is 23.1 Å². The molecule has 1 N–H and O–H groups in total. The first-order chi connectivity index (χ1) is 18.0. The molecule has 6 rings (SSSR count). The van der Waals surface area contributed by atoms with Crippen molar-refractivity contribution in [3.8, 4) is 11.5 Å². The summed E-state index contributed by atoms with van der Waals surface area (Å²) < 4.78 is 18.5. The van der Waals surface area contributed by atoms with Gasteiger partial charge in [0.05, 0.1) is 35.3 Å². The number of carbonyl (C=O) groups is 1. The zero-order valence-electron chi connectivity index (χ0n) is 20.6. The van der Waals surface area contributed by atoms with Crippen LogP contribution in [-0.2, 0) is 6.54 Å². The highest BCUT2D eigenvalue weighted by Gasteiger charge is 2.36. The van der Waals surface area contributed by atoms with Crippen molar-refractivity contribution in [1.29, 1.82) is 0 Å². The molecule has 0 spiro atoms. The van der Waals surface area contributed by atoms with Gasteiger partial charge in [0.1, 0.15) is 11.6 Å². The van der Waals surface area contributed by atoms with Crippen LogP contribution < -0.4 is 5.32 Å². The number of para-hydroxylation sites is 2. The maximum absolute atomic E-state index is 14.5. The normalized spacial score (nSPS) is 14.6. The number of urea groups is 1. The predicted octanol–water partition coefficient (Wildman–Crippen LogP) is 6.56. The standard InChI is InChI=1S/C30H26FN5O/c1-20-14-16-22(17-15-20)28-27-13-8-18-34(27)29-24(21(2)33-36(29)23-9-4-3-5-10-23)19-35(28)30(37)32-26-12-7-6-11-25(26)31/h3-18,28H,19H2,1-2H3,(H,32,37)/t28-/m1/s1. The Kier molecular flexibility index (Phi) is 5.60. The summed E-state index contributed by atoms with van der Waals surface area (Å²) in [6.07, 6.45) is 2.01. The molecule has 1 aliphatic heterocycles. The number of aromatic nitrogens is 3. The number of benzene rings is 3. The van der Waals surface area contributed by atoms with E-state index < -0.39 is 11.9 Å². The molecule has 6 nitrogen and oxygen atoms in total. The maximum Gasteiger partial charge on any atom is 0.323 e. The molecule has 1 aliphatic rings. The number of rotatable bonds is 3. The number of aryl methyl sites for hydroxylation is 2. The Hall–Kier alpha value is -4.65. The zero-order valence-corrected chi connectivity index (χ0v) is 20.6. The van der Waals surface area contributed by atoms with E-state index in [9.17, 15) is 9.18 Å².